The van der Waals surface area contributed by atoms with Crippen LogP contribution in [-0.2, 0) is 9.59 Å². The Balaban J connectivity index is 0.000000228. The van der Waals surface area contributed by atoms with Gasteiger partial charge >= 0.3 is 11.9 Å². The van der Waals surface area contributed by atoms with E-state index in [1.165, 1.54) is 74.9 Å². The summed E-state index contributed by atoms with van der Waals surface area (Å²) in [5, 5.41) is 24.2. The zero-order chi connectivity index (χ0) is 43.3. The summed E-state index contributed by atoms with van der Waals surface area (Å²) in [6, 6.07) is 29.3. The molecule has 16 heteroatoms. The van der Waals surface area contributed by atoms with Gasteiger partial charge in [0, 0.05) is 27.3 Å². The number of carboxylic acids is 2. The van der Waals surface area contributed by atoms with Crippen LogP contribution in [0, 0.1) is 11.6 Å². The van der Waals surface area contributed by atoms with Crippen LogP contribution in [-0.4, -0.2) is 58.2 Å². The van der Waals surface area contributed by atoms with Crippen molar-refractivity contribution in [3.8, 4) is 34.0 Å². The molecule has 12 nitrogen and oxygen atoms in total. The lowest BCUT2D eigenvalue weighted by Crippen LogP contribution is -2.31. The summed E-state index contributed by atoms with van der Waals surface area (Å²) < 4.78 is 39.0. The minimum absolute atomic E-state index is 0.0199. The number of carbonyl (C=O) groups excluding carboxylic acids is 2. The van der Waals surface area contributed by atoms with Gasteiger partial charge in [-0.05, 0) is 54.6 Å². The fourth-order valence-corrected chi connectivity index (χ4v) is 6.46. The Morgan fingerprint density at radius 3 is 1.52 bits per heavy atom. The second kappa shape index (κ2) is 20.7. The molecule has 2 atom stereocenters. The molecular formula is C44H36Cl2F2N4O8. The first-order valence-corrected chi connectivity index (χ1v) is 18.7. The first-order chi connectivity index (χ1) is 28.8. The molecule has 0 bridgehead atoms. The summed E-state index contributed by atoms with van der Waals surface area (Å²) in [5.74, 6) is -3.99. The summed E-state index contributed by atoms with van der Waals surface area (Å²) in [4.78, 5) is 56.9. The number of ether oxygens (including phenoxy) is 2. The zero-order valence-corrected chi connectivity index (χ0v) is 33.4. The topological polar surface area (TPSA) is 177 Å². The van der Waals surface area contributed by atoms with E-state index < -0.39 is 60.3 Å². The van der Waals surface area contributed by atoms with Gasteiger partial charge in [-0.2, -0.15) is 0 Å². The predicted molar refractivity (Wildman–Crippen MR) is 220 cm³/mol. The van der Waals surface area contributed by atoms with Crippen molar-refractivity contribution in [3.05, 3.63) is 166 Å². The molecule has 0 radical (unpaired) electrons. The van der Waals surface area contributed by atoms with Crippen LogP contribution in [0.5, 0.6) is 11.5 Å². The first kappa shape index (κ1) is 44.2. The number of aliphatic carboxylic acids is 2. The van der Waals surface area contributed by atoms with E-state index in [2.05, 4.69) is 20.6 Å². The molecule has 6 rings (SSSR count). The van der Waals surface area contributed by atoms with Gasteiger partial charge in [-0.25, -0.2) is 18.7 Å². The summed E-state index contributed by atoms with van der Waals surface area (Å²) in [6.07, 6.45) is -0.965. The van der Waals surface area contributed by atoms with Crippen molar-refractivity contribution in [2.75, 3.05) is 14.2 Å². The molecule has 60 heavy (non-hydrogen) atoms. The normalized spacial score (nSPS) is 11.6. The molecular weight excluding hydrogens is 821 g/mol. The number of aromatic nitrogens is 2. The van der Waals surface area contributed by atoms with Crippen molar-refractivity contribution >= 4 is 47.0 Å². The number of amides is 2. The molecule has 0 unspecified atom stereocenters. The van der Waals surface area contributed by atoms with Gasteiger partial charge in [0.1, 0.15) is 45.9 Å². The number of methoxy groups -OCH3 is 2. The monoisotopic (exact) mass is 856 g/mol. The molecule has 4 aromatic carbocycles. The smallest absolute Gasteiger partial charge is 0.305 e. The highest BCUT2D eigenvalue weighted by molar-refractivity contribution is 6.36. The number of hydrogen-bond donors (Lipinski definition) is 4. The summed E-state index contributed by atoms with van der Waals surface area (Å²) in [6.45, 7) is 0. The number of carboxylic acid groups (broad SMARTS) is 2. The Bertz CT molecular complexity index is 2510. The molecule has 2 aromatic heterocycles. The maximum absolute atomic E-state index is 14.2. The molecule has 0 aliphatic heterocycles. The minimum atomic E-state index is -1.19. The van der Waals surface area contributed by atoms with Gasteiger partial charge < -0.3 is 30.3 Å². The fourth-order valence-electron chi connectivity index (χ4n) is 5.96. The van der Waals surface area contributed by atoms with Crippen molar-refractivity contribution < 1.29 is 47.6 Å². The van der Waals surface area contributed by atoms with Gasteiger partial charge in [-0.3, -0.25) is 19.2 Å². The lowest BCUT2D eigenvalue weighted by Gasteiger charge is -2.18. The second-order valence-electron chi connectivity index (χ2n) is 12.8. The number of carbonyl (C=O) groups is 4. The van der Waals surface area contributed by atoms with Crippen LogP contribution in [0.2, 0.25) is 10.0 Å². The maximum Gasteiger partial charge on any atom is 0.305 e. The van der Waals surface area contributed by atoms with Crippen LogP contribution in [0.25, 0.3) is 22.5 Å². The molecule has 308 valence electrons. The molecule has 2 amide bonds. The molecule has 0 spiro atoms. The number of benzene rings is 4. The summed E-state index contributed by atoms with van der Waals surface area (Å²) in [7, 11) is 2.95. The number of nitrogens with one attached hydrogen (secondary N) is 2. The van der Waals surface area contributed by atoms with Crippen LogP contribution in [0.3, 0.4) is 0 Å². The molecule has 0 aliphatic carbocycles. The van der Waals surface area contributed by atoms with Gasteiger partial charge in [0.15, 0.2) is 0 Å². The average molecular weight is 858 g/mol. The van der Waals surface area contributed by atoms with Crippen LogP contribution < -0.4 is 20.1 Å². The first-order valence-electron chi connectivity index (χ1n) is 17.9. The van der Waals surface area contributed by atoms with Crippen molar-refractivity contribution in [1.29, 1.82) is 0 Å². The largest absolute Gasteiger partial charge is 0.494 e. The summed E-state index contributed by atoms with van der Waals surface area (Å²) >= 11 is 12.2. The zero-order valence-electron chi connectivity index (χ0n) is 31.9. The van der Waals surface area contributed by atoms with Gasteiger partial charge in [-0.1, -0.05) is 89.9 Å². The van der Waals surface area contributed by atoms with E-state index in [1.807, 2.05) is 30.3 Å². The quantitative estimate of drug-likeness (QED) is 0.0827. The Labute approximate surface area is 352 Å². The van der Waals surface area contributed by atoms with Crippen molar-refractivity contribution in [2.45, 2.75) is 24.9 Å². The number of nitrogens with zero attached hydrogens (tertiary/aromatic N) is 2. The van der Waals surface area contributed by atoms with E-state index in [4.69, 9.17) is 32.7 Å². The Morgan fingerprint density at radius 2 is 1.07 bits per heavy atom. The van der Waals surface area contributed by atoms with Crippen LogP contribution >= 0.6 is 23.2 Å². The van der Waals surface area contributed by atoms with Crippen LogP contribution in [0.1, 0.15) is 57.0 Å². The lowest BCUT2D eigenvalue weighted by molar-refractivity contribution is -0.138. The van der Waals surface area contributed by atoms with Crippen LogP contribution in [0.15, 0.2) is 121 Å². The summed E-state index contributed by atoms with van der Waals surface area (Å²) in [5.41, 5.74) is 2.24. The standard InChI is InChI=1S/C22H17Cl2FN2O4.C22H19FN2O4/c1-31-19-9-8-17(26-21(19)13-7-6-12(23)10-15(13)24)22(30)27-18(11-20(28)29)14-4-2-3-5-16(14)25;1-29-19-12-11-17(24-21(19)14-7-3-2-4-8-14)22(28)25-18(13-20(26)27)15-9-5-6-10-16(15)23/h2-10,18H,11H2,1H3,(H,27,30)(H,28,29);2-12,18H,13H2,1H3,(H,25,28)(H,26,27)/t2*18-/m00/s1. The van der Waals surface area contributed by atoms with Gasteiger partial charge in [0.05, 0.1) is 44.2 Å². The third kappa shape index (κ3) is 11.4. The average Bonchev–Trinajstić information content (AvgIpc) is 3.23. The van der Waals surface area contributed by atoms with E-state index >= 15 is 0 Å². The molecule has 4 N–H and O–H groups in total. The molecule has 6 aromatic rings. The second-order valence-corrected chi connectivity index (χ2v) is 13.6. The third-order valence-electron chi connectivity index (χ3n) is 8.78. The van der Waals surface area contributed by atoms with Crippen molar-refractivity contribution in [2.24, 2.45) is 0 Å². The molecule has 0 aliphatic rings. The number of hydrogen-bond acceptors (Lipinski definition) is 8. The third-order valence-corrected chi connectivity index (χ3v) is 9.33. The van der Waals surface area contributed by atoms with Gasteiger partial charge in [0.2, 0.25) is 0 Å². The predicted octanol–water partition coefficient (Wildman–Crippen LogP) is 8.99. The van der Waals surface area contributed by atoms with Gasteiger partial charge in [0.25, 0.3) is 11.8 Å². The van der Waals surface area contributed by atoms with E-state index in [0.29, 0.717) is 38.5 Å². The van der Waals surface area contributed by atoms with E-state index in [1.54, 1.807) is 30.3 Å². The van der Waals surface area contributed by atoms with Crippen molar-refractivity contribution in [1.82, 2.24) is 20.6 Å². The highest BCUT2D eigenvalue weighted by Crippen LogP contribution is 2.35. The Morgan fingerprint density at radius 1 is 0.617 bits per heavy atom. The van der Waals surface area contributed by atoms with Crippen LogP contribution in [0.4, 0.5) is 8.78 Å². The Hall–Kier alpha value is -6.90. The molecule has 0 fully saturated rings. The highest BCUT2D eigenvalue weighted by Gasteiger charge is 2.25. The number of halogens is 4. The van der Waals surface area contributed by atoms with Gasteiger partial charge in [-0.15, -0.1) is 0 Å². The lowest BCUT2D eigenvalue weighted by atomic mass is 10.0. The molecule has 0 saturated carbocycles. The van der Waals surface area contributed by atoms with Crippen molar-refractivity contribution in [3.63, 3.8) is 0 Å². The number of rotatable bonds is 14. The maximum atomic E-state index is 14.2. The molecule has 0 saturated heterocycles. The fraction of sp³-hybridized carbons (Fsp3) is 0.136. The Kier molecular flexibility index (Phi) is 15.2. The highest BCUT2D eigenvalue weighted by atomic mass is 35.5. The van der Waals surface area contributed by atoms with E-state index in [-0.39, 0.29) is 22.5 Å². The minimum Gasteiger partial charge on any atom is -0.494 e. The van der Waals surface area contributed by atoms with E-state index in [0.717, 1.165) is 5.56 Å². The SMILES string of the molecule is COc1ccc(C(=O)N[C@@H](CC(=O)O)c2ccccc2F)nc1-c1ccc(Cl)cc1Cl.COc1ccc(C(=O)N[C@@H](CC(=O)O)c2ccccc2F)nc1-c1ccccc1. The van der Waals surface area contributed by atoms with E-state index in [9.17, 15) is 38.2 Å². The number of pyridine rings is 2. The molecule has 2 heterocycles.